The summed E-state index contributed by atoms with van der Waals surface area (Å²) in [6, 6.07) is 1.43. The number of nitrogens with one attached hydrogen (secondary N) is 2. The Hall–Kier alpha value is -1.78. The number of alkyl halides is 3. The van der Waals surface area contributed by atoms with Gasteiger partial charge in [0.2, 0.25) is 0 Å². The molecule has 0 saturated carbocycles. The standard InChI is InChI=1S/C19H29ClF3N7/c1-24-18(26-10-15-12-28(2)6-7-29(15)3)27-14-4-5-30(11-14)17-16(20)8-13(9-25-17)19(21,22)23/h8-9,14-15H,4-7,10-12H2,1-3H3,(H2,24,26,27). The first-order valence-electron chi connectivity index (χ1n) is 10.0. The number of hydrogen-bond donors (Lipinski definition) is 2. The molecule has 2 saturated heterocycles. The molecule has 2 aliphatic heterocycles. The van der Waals surface area contributed by atoms with Gasteiger partial charge in [0.25, 0.3) is 0 Å². The molecule has 2 atom stereocenters. The van der Waals surface area contributed by atoms with E-state index in [1.807, 2.05) is 4.90 Å². The second-order valence-electron chi connectivity index (χ2n) is 7.95. The molecule has 3 rings (SSSR count). The van der Waals surface area contributed by atoms with Crippen molar-refractivity contribution >= 4 is 23.4 Å². The number of anilines is 1. The van der Waals surface area contributed by atoms with E-state index in [4.69, 9.17) is 11.6 Å². The van der Waals surface area contributed by atoms with Crippen LogP contribution in [-0.2, 0) is 6.18 Å². The van der Waals surface area contributed by atoms with Crippen LogP contribution >= 0.6 is 11.6 Å². The van der Waals surface area contributed by atoms with Crippen LogP contribution in [0.3, 0.4) is 0 Å². The van der Waals surface area contributed by atoms with Crippen LogP contribution in [0.1, 0.15) is 12.0 Å². The Balaban J connectivity index is 1.53. The first-order chi connectivity index (χ1) is 14.2. The molecule has 168 valence electrons. The number of nitrogens with zero attached hydrogens (tertiary/aromatic N) is 5. The summed E-state index contributed by atoms with van der Waals surface area (Å²) < 4.78 is 38.5. The summed E-state index contributed by atoms with van der Waals surface area (Å²) in [4.78, 5) is 14.8. The topological polar surface area (TPSA) is 59.0 Å². The van der Waals surface area contributed by atoms with Crippen LogP contribution in [-0.4, -0.2) is 93.2 Å². The SMILES string of the molecule is CN=C(NCC1CN(C)CCN1C)NC1CCN(c2ncc(C(F)(F)F)cc2Cl)C1. The summed E-state index contributed by atoms with van der Waals surface area (Å²) in [5, 5.41) is 6.80. The van der Waals surface area contributed by atoms with Gasteiger partial charge in [0.15, 0.2) is 5.96 Å². The monoisotopic (exact) mass is 447 g/mol. The highest BCUT2D eigenvalue weighted by atomic mass is 35.5. The molecule has 1 aromatic rings. The summed E-state index contributed by atoms with van der Waals surface area (Å²) in [5.74, 6) is 1.10. The molecule has 0 aromatic carbocycles. The van der Waals surface area contributed by atoms with Crippen LogP contribution in [0.2, 0.25) is 5.02 Å². The van der Waals surface area contributed by atoms with Crippen LogP contribution in [0, 0.1) is 0 Å². The van der Waals surface area contributed by atoms with E-state index in [9.17, 15) is 13.2 Å². The number of aromatic nitrogens is 1. The second-order valence-corrected chi connectivity index (χ2v) is 8.36. The average molecular weight is 448 g/mol. The molecule has 30 heavy (non-hydrogen) atoms. The van der Waals surface area contributed by atoms with E-state index in [0.29, 0.717) is 24.9 Å². The van der Waals surface area contributed by atoms with Crippen LogP contribution in [0.4, 0.5) is 19.0 Å². The number of pyridine rings is 1. The molecule has 0 amide bonds. The highest BCUT2D eigenvalue weighted by molar-refractivity contribution is 6.33. The summed E-state index contributed by atoms with van der Waals surface area (Å²) in [5.41, 5.74) is -0.840. The van der Waals surface area contributed by atoms with E-state index in [2.05, 4.69) is 44.5 Å². The van der Waals surface area contributed by atoms with E-state index in [-0.39, 0.29) is 11.1 Å². The molecule has 3 heterocycles. The summed E-state index contributed by atoms with van der Waals surface area (Å²) in [7, 11) is 5.98. The molecule has 2 N–H and O–H groups in total. The fourth-order valence-corrected chi connectivity index (χ4v) is 4.10. The van der Waals surface area contributed by atoms with Gasteiger partial charge in [-0.15, -0.1) is 0 Å². The van der Waals surface area contributed by atoms with E-state index in [1.54, 1.807) is 7.05 Å². The van der Waals surface area contributed by atoms with Crippen molar-refractivity contribution in [2.24, 2.45) is 4.99 Å². The Kier molecular flexibility index (Phi) is 7.30. The van der Waals surface area contributed by atoms with Gasteiger partial charge in [-0.05, 0) is 26.6 Å². The second kappa shape index (κ2) is 9.57. The number of guanidine groups is 1. The lowest BCUT2D eigenvalue weighted by Crippen LogP contribution is -2.56. The molecule has 0 spiro atoms. The molecule has 2 unspecified atom stereocenters. The van der Waals surface area contributed by atoms with Crippen molar-refractivity contribution in [2.45, 2.75) is 24.7 Å². The van der Waals surface area contributed by atoms with E-state index < -0.39 is 11.7 Å². The lowest BCUT2D eigenvalue weighted by Gasteiger charge is -2.38. The van der Waals surface area contributed by atoms with Crippen molar-refractivity contribution < 1.29 is 13.2 Å². The number of aliphatic imine (C=N–C) groups is 1. The molecule has 2 aliphatic rings. The van der Waals surface area contributed by atoms with E-state index >= 15 is 0 Å². The third kappa shape index (κ3) is 5.67. The van der Waals surface area contributed by atoms with Gasteiger partial charge in [-0.3, -0.25) is 9.89 Å². The van der Waals surface area contributed by atoms with Gasteiger partial charge >= 0.3 is 6.18 Å². The van der Waals surface area contributed by atoms with Crippen molar-refractivity contribution in [1.29, 1.82) is 0 Å². The van der Waals surface area contributed by atoms with Crippen LogP contribution in [0.15, 0.2) is 17.3 Å². The van der Waals surface area contributed by atoms with Gasteiger partial charge in [0.05, 0.1) is 10.6 Å². The molecule has 0 aliphatic carbocycles. The fraction of sp³-hybridized carbons (Fsp3) is 0.684. The van der Waals surface area contributed by atoms with Crippen molar-refractivity contribution in [3.63, 3.8) is 0 Å². The Morgan fingerprint density at radius 3 is 2.70 bits per heavy atom. The van der Waals surface area contributed by atoms with Gasteiger partial charge in [-0.25, -0.2) is 4.98 Å². The minimum atomic E-state index is -4.45. The summed E-state index contributed by atoms with van der Waals surface area (Å²) in [6.45, 7) is 5.12. The molecule has 7 nitrogen and oxygen atoms in total. The summed E-state index contributed by atoms with van der Waals surface area (Å²) in [6.07, 6.45) is -2.81. The van der Waals surface area contributed by atoms with Crippen molar-refractivity contribution in [2.75, 3.05) is 65.3 Å². The highest BCUT2D eigenvalue weighted by Gasteiger charge is 2.33. The molecular formula is C19H29ClF3N7. The number of likely N-dealkylation sites (N-methyl/N-ethyl adjacent to an activating group) is 2. The number of rotatable bonds is 4. The molecular weight excluding hydrogens is 419 g/mol. The predicted octanol–water partition coefficient (Wildman–Crippen LogP) is 1.74. The zero-order valence-corrected chi connectivity index (χ0v) is 18.3. The molecule has 0 bridgehead atoms. The predicted molar refractivity (Wildman–Crippen MR) is 113 cm³/mol. The van der Waals surface area contributed by atoms with Crippen molar-refractivity contribution in [1.82, 2.24) is 25.4 Å². The molecule has 0 radical (unpaired) electrons. The third-order valence-corrected chi connectivity index (χ3v) is 5.96. The quantitative estimate of drug-likeness (QED) is 0.541. The smallest absolute Gasteiger partial charge is 0.355 e. The average Bonchev–Trinajstić information content (AvgIpc) is 3.15. The lowest BCUT2D eigenvalue weighted by atomic mass is 10.2. The Bertz CT molecular complexity index is 758. The first kappa shape index (κ1) is 22.9. The summed E-state index contributed by atoms with van der Waals surface area (Å²) >= 11 is 6.09. The van der Waals surface area contributed by atoms with Gasteiger partial charge in [0.1, 0.15) is 5.82 Å². The largest absolute Gasteiger partial charge is 0.417 e. The molecule has 1 aromatic heterocycles. The maximum absolute atomic E-state index is 12.8. The number of piperazine rings is 1. The highest BCUT2D eigenvalue weighted by Crippen LogP contribution is 2.34. The number of hydrogen-bond acceptors (Lipinski definition) is 5. The van der Waals surface area contributed by atoms with Gasteiger partial charge < -0.3 is 20.4 Å². The van der Waals surface area contributed by atoms with Gasteiger partial charge in [-0.1, -0.05) is 11.6 Å². The Labute approximate surface area is 180 Å². The van der Waals surface area contributed by atoms with Crippen LogP contribution in [0.25, 0.3) is 0 Å². The zero-order chi connectivity index (χ0) is 21.9. The van der Waals surface area contributed by atoms with E-state index in [0.717, 1.165) is 50.8 Å². The number of halogens is 4. The third-order valence-electron chi connectivity index (χ3n) is 5.69. The van der Waals surface area contributed by atoms with Crippen LogP contribution < -0.4 is 15.5 Å². The fourth-order valence-electron chi connectivity index (χ4n) is 3.81. The minimum Gasteiger partial charge on any atom is -0.355 e. The zero-order valence-electron chi connectivity index (χ0n) is 17.5. The lowest BCUT2D eigenvalue weighted by molar-refractivity contribution is -0.137. The van der Waals surface area contributed by atoms with Gasteiger partial charge in [0, 0.05) is 64.6 Å². The Morgan fingerprint density at radius 2 is 2.03 bits per heavy atom. The Morgan fingerprint density at radius 1 is 1.27 bits per heavy atom. The maximum Gasteiger partial charge on any atom is 0.417 e. The van der Waals surface area contributed by atoms with Crippen LogP contribution in [0.5, 0.6) is 0 Å². The minimum absolute atomic E-state index is 0.0115. The normalized spacial score (nSPS) is 24.4. The van der Waals surface area contributed by atoms with Gasteiger partial charge in [-0.2, -0.15) is 13.2 Å². The van der Waals surface area contributed by atoms with E-state index in [1.165, 1.54) is 0 Å². The van der Waals surface area contributed by atoms with Crippen molar-refractivity contribution in [3.8, 4) is 0 Å². The maximum atomic E-state index is 12.8. The van der Waals surface area contributed by atoms with Crippen molar-refractivity contribution in [3.05, 3.63) is 22.8 Å². The first-order valence-corrected chi connectivity index (χ1v) is 10.4. The molecule has 2 fully saturated rings. The molecule has 11 heteroatoms.